The first-order valence-corrected chi connectivity index (χ1v) is 13.0. The lowest BCUT2D eigenvalue weighted by molar-refractivity contribution is 0.0539. The van der Waals surface area contributed by atoms with Crippen LogP contribution in [0.2, 0.25) is 5.02 Å². The smallest absolute Gasteiger partial charge is 0.251 e. The van der Waals surface area contributed by atoms with Crippen molar-refractivity contribution in [2.24, 2.45) is 0 Å². The lowest BCUT2D eigenvalue weighted by atomic mass is 9.80. The Bertz CT molecular complexity index is 1450. The predicted octanol–water partition coefficient (Wildman–Crippen LogP) is 5.15. The van der Waals surface area contributed by atoms with Gasteiger partial charge in [-0.05, 0) is 42.1 Å². The Balaban J connectivity index is 1.61. The number of alkyl halides is 1. The molecule has 0 saturated carbocycles. The Kier molecular flexibility index (Phi) is 6.17. The molecule has 0 unspecified atom stereocenters. The molecule has 0 radical (unpaired) electrons. The highest BCUT2D eigenvalue weighted by molar-refractivity contribution is 6.34. The summed E-state index contributed by atoms with van der Waals surface area (Å²) in [5.74, 6) is -2.18. The van der Waals surface area contributed by atoms with Gasteiger partial charge >= 0.3 is 0 Å². The Morgan fingerprint density at radius 3 is 2.63 bits per heavy atom. The summed E-state index contributed by atoms with van der Waals surface area (Å²) >= 11 is 6.54. The maximum absolute atomic E-state index is 16.3. The molecule has 5 nitrogen and oxygen atoms in total. The zero-order valence-electron chi connectivity index (χ0n) is 20.6. The van der Waals surface area contributed by atoms with E-state index in [1.807, 2.05) is 30.3 Å². The van der Waals surface area contributed by atoms with Crippen molar-refractivity contribution in [1.29, 1.82) is 0 Å². The number of hydrogen-bond donors (Lipinski definition) is 3. The molecule has 4 atom stereocenters. The summed E-state index contributed by atoms with van der Waals surface area (Å²) in [5, 5.41) is 15.9. The van der Waals surface area contributed by atoms with E-state index in [2.05, 4.69) is 10.6 Å². The van der Waals surface area contributed by atoms with Crippen LogP contribution in [0.15, 0.2) is 42.5 Å². The van der Waals surface area contributed by atoms with Crippen LogP contribution in [0.1, 0.15) is 51.6 Å². The van der Waals surface area contributed by atoms with Crippen LogP contribution in [0.25, 0.3) is 11.1 Å². The van der Waals surface area contributed by atoms with Crippen LogP contribution in [0.3, 0.4) is 0 Å². The topological polar surface area (TPSA) is 70.6 Å². The predicted molar refractivity (Wildman–Crippen MR) is 137 cm³/mol. The molecule has 38 heavy (non-hydrogen) atoms. The average Bonchev–Trinajstić information content (AvgIpc) is 3.65. The Labute approximate surface area is 223 Å². The molecule has 1 saturated heterocycles. The molecule has 1 aliphatic carbocycles. The average molecular weight is 543 g/mol. The Hall–Kier alpha value is -3.07. The minimum atomic E-state index is -1.72. The molecule has 0 spiro atoms. The van der Waals surface area contributed by atoms with Crippen LogP contribution in [-0.4, -0.2) is 36.8 Å². The monoisotopic (exact) mass is 542 g/mol. The molecule has 1 amide bonds. The number of fused-ring (bicyclic) bond motifs is 2. The maximum Gasteiger partial charge on any atom is 0.251 e. The van der Waals surface area contributed by atoms with Crippen molar-refractivity contribution in [2.45, 2.75) is 49.6 Å². The first kappa shape index (κ1) is 25.2. The van der Waals surface area contributed by atoms with E-state index in [-0.39, 0.29) is 57.5 Å². The Morgan fingerprint density at radius 2 is 1.95 bits per heavy atom. The lowest BCUT2D eigenvalue weighted by Crippen LogP contribution is -2.48. The third kappa shape index (κ3) is 3.65. The van der Waals surface area contributed by atoms with Gasteiger partial charge in [-0.2, -0.15) is 0 Å². The maximum atomic E-state index is 16.3. The van der Waals surface area contributed by atoms with Crippen LogP contribution >= 0.6 is 11.6 Å². The number of carbonyl (C=O) groups excluding carboxylic acids is 1. The van der Waals surface area contributed by atoms with E-state index < -0.39 is 35.4 Å². The summed E-state index contributed by atoms with van der Waals surface area (Å²) in [7, 11) is 1.37. The normalized spacial score (nSPS) is 25.7. The van der Waals surface area contributed by atoms with Crippen LogP contribution in [0.5, 0.6) is 5.75 Å². The molecular formula is C29H26ClF3N2O3. The number of nitrogens with one attached hydrogen (secondary N) is 2. The Morgan fingerprint density at radius 1 is 1.18 bits per heavy atom. The number of carbonyl (C=O) groups is 1. The highest BCUT2D eigenvalue weighted by Crippen LogP contribution is 2.53. The van der Waals surface area contributed by atoms with E-state index in [1.165, 1.54) is 19.2 Å². The quantitative estimate of drug-likeness (QED) is 0.426. The number of rotatable bonds is 4. The third-order valence-electron chi connectivity index (χ3n) is 8.09. The van der Waals surface area contributed by atoms with E-state index in [4.69, 9.17) is 16.3 Å². The van der Waals surface area contributed by atoms with Gasteiger partial charge < -0.3 is 20.5 Å². The minimum Gasteiger partial charge on any atom is -0.480 e. The summed E-state index contributed by atoms with van der Waals surface area (Å²) in [6, 6.07) is 12.0. The summed E-state index contributed by atoms with van der Waals surface area (Å²) < 4.78 is 52.6. The van der Waals surface area contributed by atoms with Crippen LogP contribution in [0, 0.1) is 11.6 Å². The number of halogens is 4. The first-order chi connectivity index (χ1) is 18.3. The van der Waals surface area contributed by atoms with Gasteiger partial charge in [-0.1, -0.05) is 41.9 Å². The molecule has 1 fully saturated rings. The van der Waals surface area contributed by atoms with Crippen molar-refractivity contribution < 1.29 is 27.8 Å². The van der Waals surface area contributed by atoms with Crippen molar-refractivity contribution in [3.63, 3.8) is 0 Å². The summed E-state index contributed by atoms with van der Waals surface area (Å²) in [5.41, 5.74) is 0.00900. The van der Waals surface area contributed by atoms with E-state index in [0.717, 1.165) is 24.9 Å². The van der Waals surface area contributed by atoms with Gasteiger partial charge in [-0.15, -0.1) is 0 Å². The minimum absolute atomic E-state index is 0.00607. The SMILES string of the molecule is CNC(=O)c1cc2c(c(F)c1-c1c(Cl)c(F)cc3c1C[C@](c1ccccc1)([C@@H]1CCCN1)O3)C[C@@H](F)[C@H]2O. The molecule has 6 rings (SSSR count). The third-order valence-corrected chi connectivity index (χ3v) is 8.46. The molecule has 9 heteroatoms. The lowest BCUT2D eigenvalue weighted by Gasteiger charge is -2.35. The molecule has 3 aliphatic rings. The van der Waals surface area contributed by atoms with Crippen molar-refractivity contribution >= 4 is 17.5 Å². The molecule has 3 aromatic rings. The molecule has 0 bridgehead atoms. The number of aliphatic hydroxyl groups excluding tert-OH is 1. The first-order valence-electron chi connectivity index (χ1n) is 12.7. The van der Waals surface area contributed by atoms with E-state index in [0.29, 0.717) is 5.56 Å². The van der Waals surface area contributed by atoms with Gasteiger partial charge in [0, 0.05) is 42.6 Å². The molecule has 2 aliphatic heterocycles. The molecule has 3 N–H and O–H groups in total. The van der Waals surface area contributed by atoms with E-state index >= 15 is 8.78 Å². The van der Waals surface area contributed by atoms with Crippen molar-refractivity contribution in [2.75, 3.05) is 13.6 Å². The number of amides is 1. The number of benzene rings is 3. The summed E-state index contributed by atoms with van der Waals surface area (Å²) in [6.45, 7) is 0.800. The summed E-state index contributed by atoms with van der Waals surface area (Å²) in [4.78, 5) is 13.0. The molecule has 3 aromatic carbocycles. The van der Waals surface area contributed by atoms with Crippen molar-refractivity contribution in [3.05, 3.63) is 86.9 Å². The zero-order valence-corrected chi connectivity index (χ0v) is 21.3. The van der Waals surface area contributed by atoms with E-state index in [1.54, 1.807) is 0 Å². The van der Waals surface area contributed by atoms with Crippen LogP contribution in [0.4, 0.5) is 13.2 Å². The largest absolute Gasteiger partial charge is 0.480 e. The van der Waals surface area contributed by atoms with Gasteiger partial charge in [0.2, 0.25) is 0 Å². The van der Waals surface area contributed by atoms with Gasteiger partial charge in [0.15, 0.2) is 5.60 Å². The second kappa shape index (κ2) is 9.29. The fourth-order valence-electron chi connectivity index (χ4n) is 6.26. The van der Waals surface area contributed by atoms with Crippen LogP contribution < -0.4 is 15.4 Å². The highest BCUT2D eigenvalue weighted by Gasteiger charge is 2.50. The molecule has 198 valence electrons. The highest BCUT2D eigenvalue weighted by atomic mass is 35.5. The van der Waals surface area contributed by atoms with Gasteiger partial charge in [0.1, 0.15) is 29.7 Å². The second-order valence-electron chi connectivity index (χ2n) is 10.1. The summed E-state index contributed by atoms with van der Waals surface area (Å²) in [6.07, 6.45) is -1.64. The standard InChI is InChI=1S/C29H26ClF3N2O3/c1-34-28(37)17-10-16-15(11-20(32)27(16)36)26(33)24(17)23-18-13-29(22-8-5-9-35-22,14-6-3-2-4-7-14)38-21(18)12-19(31)25(23)30/h2-4,6-7,10,12,20,22,27,35-36H,5,8-9,11,13H2,1H3,(H,34,37)/t20-,22+,27+,29+/m1/s1. The molecular weight excluding hydrogens is 517 g/mol. The molecule has 0 aromatic heterocycles. The van der Waals surface area contributed by atoms with Crippen LogP contribution in [-0.2, 0) is 18.4 Å². The van der Waals surface area contributed by atoms with E-state index in [9.17, 15) is 14.3 Å². The van der Waals surface area contributed by atoms with Crippen molar-refractivity contribution in [1.82, 2.24) is 10.6 Å². The number of hydrogen-bond acceptors (Lipinski definition) is 4. The van der Waals surface area contributed by atoms with Gasteiger partial charge in [-0.25, -0.2) is 13.2 Å². The fourth-order valence-corrected chi connectivity index (χ4v) is 6.53. The second-order valence-corrected chi connectivity index (χ2v) is 10.5. The van der Waals surface area contributed by atoms with Crippen molar-refractivity contribution in [3.8, 4) is 16.9 Å². The van der Waals surface area contributed by atoms with Gasteiger partial charge in [-0.3, -0.25) is 4.79 Å². The molecule has 2 heterocycles. The van der Waals surface area contributed by atoms with Gasteiger partial charge in [0.05, 0.1) is 16.6 Å². The number of aliphatic hydroxyl groups is 1. The zero-order chi connectivity index (χ0) is 26.8. The fraction of sp³-hybridized carbons (Fsp3) is 0.345. The van der Waals surface area contributed by atoms with Gasteiger partial charge in [0.25, 0.3) is 5.91 Å². The number of ether oxygens (including phenoxy) is 1.